The Bertz CT molecular complexity index is 835. The van der Waals surface area contributed by atoms with Crippen LogP contribution in [-0.4, -0.2) is 42.7 Å². The lowest BCUT2D eigenvalue weighted by Gasteiger charge is -2.19. The molecule has 1 aliphatic rings. The van der Waals surface area contributed by atoms with Crippen LogP contribution in [0.4, 0.5) is 0 Å². The largest absolute Gasteiger partial charge is 0.493 e. The van der Waals surface area contributed by atoms with Crippen LogP contribution in [0.15, 0.2) is 23.1 Å². The van der Waals surface area contributed by atoms with Crippen LogP contribution in [0, 0.1) is 0 Å². The highest BCUT2D eigenvalue weighted by Crippen LogP contribution is 2.33. The summed E-state index contributed by atoms with van der Waals surface area (Å²) in [5.74, 6) is 0.955. The molecule has 24 heavy (non-hydrogen) atoms. The Labute approximate surface area is 140 Å². The van der Waals surface area contributed by atoms with Gasteiger partial charge < -0.3 is 18.9 Å². The average Bonchev–Trinajstić information content (AvgIpc) is 3.15. The minimum Gasteiger partial charge on any atom is -0.493 e. The van der Waals surface area contributed by atoms with Gasteiger partial charge in [-0.3, -0.25) is 9.59 Å². The van der Waals surface area contributed by atoms with Gasteiger partial charge in [0.2, 0.25) is 0 Å². The standard InChI is InChI=1S/C18H22N2O4/c1-4-19-11-14(18(22)20-7-5-6-8-20)12-9-15(23-2)16(24-3)10-13(12)17(19)21/h9-11H,4-8H2,1-3H3. The predicted octanol–water partition coefficient (Wildman–Crippen LogP) is 2.27. The Morgan fingerprint density at radius 3 is 2.21 bits per heavy atom. The molecule has 0 atom stereocenters. The smallest absolute Gasteiger partial charge is 0.258 e. The van der Waals surface area contributed by atoms with Crippen molar-refractivity contribution in [2.75, 3.05) is 27.3 Å². The highest BCUT2D eigenvalue weighted by atomic mass is 16.5. The molecular weight excluding hydrogens is 308 g/mol. The molecule has 1 saturated heterocycles. The minimum atomic E-state index is -0.133. The van der Waals surface area contributed by atoms with Crippen molar-refractivity contribution in [3.05, 3.63) is 34.2 Å². The molecular formula is C18H22N2O4. The minimum absolute atomic E-state index is 0.0353. The molecule has 0 unspecified atom stereocenters. The van der Waals surface area contributed by atoms with Gasteiger partial charge in [0.25, 0.3) is 11.5 Å². The van der Waals surface area contributed by atoms with E-state index in [9.17, 15) is 9.59 Å². The van der Waals surface area contributed by atoms with Crippen LogP contribution < -0.4 is 15.0 Å². The molecule has 3 rings (SSSR count). The lowest BCUT2D eigenvalue weighted by molar-refractivity contribution is 0.0794. The van der Waals surface area contributed by atoms with Crippen molar-refractivity contribution < 1.29 is 14.3 Å². The molecule has 1 aromatic carbocycles. The Hall–Kier alpha value is -2.50. The number of hydrogen-bond acceptors (Lipinski definition) is 4. The number of carbonyl (C=O) groups excluding carboxylic acids is 1. The number of amides is 1. The molecule has 1 amide bonds. The third-order valence-electron chi connectivity index (χ3n) is 4.55. The van der Waals surface area contributed by atoms with E-state index in [1.807, 2.05) is 11.8 Å². The fourth-order valence-electron chi connectivity index (χ4n) is 3.21. The molecule has 0 spiro atoms. The first-order valence-corrected chi connectivity index (χ1v) is 8.19. The fraction of sp³-hybridized carbons (Fsp3) is 0.444. The average molecular weight is 330 g/mol. The topological polar surface area (TPSA) is 60.8 Å². The number of fused-ring (bicyclic) bond motifs is 1. The summed E-state index contributed by atoms with van der Waals surface area (Å²) in [4.78, 5) is 27.4. The lowest BCUT2D eigenvalue weighted by atomic mass is 10.0. The maximum Gasteiger partial charge on any atom is 0.258 e. The third kappa shape index (κ3) is 2.62. The van der Waals surface area contributed by atoms with Gasteiger partial charge in [-0.2, -0.15) is 0 Å². The number of rotatable bonds is 4. The quantitative estimate of drug-likeness (QED) is 0.863. The maximum atomic E-state index is 12.9. The molecule has 0 saturated carbocycles. The van der Waals surface area contributed by atoms with E-state index >= 15 is 0 Å². The predicted molar refractivity (Wildman–Crippen MR) is 92.1 cm³/mol. The van der Waals surface area contributed by atoms with Gasteiger partial charge in [0, 0.05) is 31.2 Å². The molecule has 2 aromatic rings. The van der Waals surface area contributed by atoms with E-state index < -0.39 is 0 Å². The monoisotopic (exact) mass is 330 g/mol. The highest BCUT2D eigenvalue weighted by Gasteiger charge is 2.24. The van der Waals surface area contributed by atoms with Gasteiger partial charge in [-0.05, 0) is 31.9 Å². The van der Waals surface area contributed by atoms with Crippen molar-refractivity contribution >= 4 is 16.7 Å². The second-order valence-corrected chi connectivity index (χ2v) is 5.89. The van der Waals surface area contributed by atoms with Crippen LogP contribution >= 0.6 is 0 Å². The number of methoxy groups -OCH3 is 2. The van der Waals surface area contributed by atoms with Crippen molar-refractivity contribution in [1.82, 2.24) is 9.47 Å². The molecule has 6 heteroatoms. The maximum absolute atomic E-state index is 12.9. The lowest BCUT2D eigenvalue weighted by Crippen LogP contribution is -2.30. The molecule has 0 bridgehead atoms. The van der Waals surface area contributed by atoms with Gasteiger partial charge in [-0.1, -0.05) is 0 Å². The van der Waals surface area contributed by atoms with Crippen LogP contribution in [0.25, 0.3) is 10.8 Å². The van der Waals surface area contributed by atoms with Crippen molar-refractivity contribution in [3.63, 3.8) is 0 Å². The number of pyridine rings is 1. The van der Waals surface area contributed by atoms with Crippen LogP contribution in [-0.2, 0) is 6.54 Å². The summed E-state index contributed by atoms with van der Waals surface area (Å²) in [6, 6.07) is 3.38. The molecule has 128 valence electrons. The van der Waals surface area contributed by atoms with Gasteiger partial charge in [-0.25, -0.2) is 0 Å². The molecule has 2 heterocycles. The summed E-state index contributed by atoms with van der Waals surface area (Å²) < 4.78 is 12.2. The van der Waals surface area contributed by atoms with Crippen molar-refractivity contribution in [2.45, 2.75) is 26.3 Å². The summed E-state index contributed by atoms with van der Waals surface area (Å²) in [5.41, 5.74) is 0.403. The summed E-state index contributed by atoms with van der Waals surface area (Å²) in [7, 11) is 3.07. The summed E-state index contributed by atoms with van der Waals surface area (Å²) in [6.07, 6.45) is 3.71. The SMILES string of the molecule is CCn1cc(C(=O)N2CCCC2)c2cc(OC)c(OC)cc2c1=O. The Kier molecular flexibility index (Phi) is 4.46. The zero-order chi connectivity index (χ0) is 17.3. The van der Waals surface area contributed by atoms with Crippen LogP contribution in [0.2, 0.25) is 0 Å². The van der Waals surface area contributed by atoms with Gasteiger partial charge in [-0.15, -0.1) is 0 Å². The van der Waals surface area contributed by atoms with E-state index in [2.05, 4.69) is 0 Å². The Balaban J connectivity index is 2.28. The second kappa shape index (κ2) is 6.55. The van der Waals surface area contributed by atoms with Gasteiger partial charge in [0.05, 0.1) is 25.2 Å². The van der Waals surface area contributed by atoms with E-state index in [0.29, 0.717) is 34.4 Å². The Morgan fingerprint density at radius 1 is 1.08 bits per heavy atom. The van der Waals surface area contributed by atoms with Gasteiger partial charge >= 0.3 is 0 Å². The first kappa shape index (κ1) is 16.4. The van der Waals surface area contributed by atoms with Crippen molar-refractivity contribution in [2.24, 2.45) is 0 Å². The van der Waals surface area contributed by atoms with E-state index in [-0.39, 0.29) is 11.5 Å². The number of nitrogens with zero attached hydrogens (tertiary/aromatic N) is 2. The Morgan fingerprint density at radius 2 is 1.67 bits per heavy atom. The summed E-state index contributed by atoms with van der Waals surface area (Å²) in [5, 5.41) is 1.08. The van der Waals surface area contributed by atoms with Crippen molar-refractivity contribution in [3.8, 4) is 11.5 Å². The first-order valence-electron chi connectivity index (χ1n) is 8.19. The number of benzene rings is 1. The molecule has 1 aromatic heterocycles. The number of likely N-dealkylation sites (tertiary alicyclic amines) is 1. The molecule has 1 aliphatic heterocycles. The van der Waals surface area contributed by atoms with E-state index in [1.54, 1.807) is 30.0 Å². The first-order chi connectivity index (χ1) is 11.6. The van der Waals surface area contributed by atoms with Crippen molar-refractivity contribution in [1.29, 1.82) is 0 Å². The zero-order valence-corrected chi connectivity index (χ0v) is 14.3. The fourth-order valence-corrected chi connectivity index (χ4v) is 3.21. The normalized spacial score (nSPS) is 14.2. The molecule has 6 nitrogen and oxygen atoms in total. The second-order valence-electron chi connectivity index (χ2n) is 5.89. The van der Waals surface area contributed by atoms with Crippen LogP contribution in [0.5, 0.6) is 11.5 Å². The van der Waals surface area contributed by atoms with E-state index in [1.165, 1.54) is 7.11 Å². The number of carbonyl (C=O) groups is 1. The highest BCUT2D eigenvalue weighted by molar-refractivity contribution is 6.07. The van der Waals surface area contributed by atoms with Gasteiger partial charge in [0.15, 0.2) is 11.5 Å². The van der Waals surface area contributed by atoms with Gasteiger partial charge in [0.1, 0.15) is 0 Å². The molecule has 0 aliphatic carbocycles. The van der Waals surface area contributed by atoms with Crippen LogP contribution in [0.1, 0.15) is 30.1 Å². The number of ether oxygens (including phenoxy) is 2. The van der Waals surface area contributed by atoms with E-state index in [0.717, 1.165) is 25.9 Å². The molecule has 0 N–H and O–H groups in total. The summed E-state index contributed by atoms with van der Waals surface area (Å²) in [6.45, 7) is 3.92. The summed E-state index contributed by atoms with van der Waals surface area (Å²) >= 11 is 0. The van der Waals surface area contributed by atoms with E-state index in [4.69, 9.17) is 9.47 Å². The molecule has 1 fully saturated rings. The number of hydrogen-bond donors (Lipinski definition) is 0. The van der Waals surface area contributed by atoms with Crippen LogP contribution in [0.3, 0.4) is 0 Å². The molecule has 0 radical (unpaired) electrons. The third-order valence-corrected chi connectivity index (χ3v) is 4.55. The number of aryl methyl sites for hydroxylation is 1. The number of aromatic nitrogens is 1. The zero-order valence-electron chi connectivity index (χ0n) is 14.3.